The van der Waals surface area contributed by atoms with Gasteiger partial charge in [0, 0.05) is 24.9 Å². The molecule has 1 atom stereocenters. The van der Waals surface area contributed by atoms with Crippen molar-refractivity contribution in [2.45, 2.75) is 45.3 Å². The Labute approximate surface area is 124 Å². The van der Waals surface area contributed by atoms with Gasteiger partial charge in [-0.2, -0.15) is 4.98 Å². The zero-order valence-corrected chi connectivity index (χ0v) is 12.7. The van der Waals surface area contributed by atoms with Crippen LogP contribution in [0.4, 0.5) is 0 Å². The van der Waals surface area contributed by atoms with Crippen molar-refractivity contribution in [3.8, 4) is 5.75 Å². The average molecular weight is 287 g/mol. The van der Waals surface area contributed by atoms with Gasteiger partial charge in [0.05, 0.1) is 0 Å². The number of ether oxygens (including phenoxy) is 1. The highest BCUT2D eigenvalue weighted by atomic mass is 16.5. The molecule has 0 fully saturated rings. The first-order valence-corrected chi connectivity index (χ1v) is 7.33. The fourth-order valence-corrected chi connectivity index (χ4v) is 2.37. The van der Waals surface area contributed by atoms with Gasteiger partial charge in [0.15, 0.2) is 6.10 Å². The van der Waals surface area contributed by atoms with Crippen LogP contribution in [-0.2, 0) is 12.8 Å². The lowest BCUT2D eigenvalue weighted by Gasteiger charge is -2.19. The standard InChI is InChI=1S/C16H21N3O2/c1-16(2,3)17-9-8-14-18-15(19-21-14)13-10-11-6-4-5-7-12(11)20-13/h4-7,13,17H,8-10H2,1-3H3. The molecule has 1 aromatic carbocycles. The van der Waals surface area contributed by atoms with Crippen molar-refractivity contribution in [1.82, 2.24) is 15.5 Å². The van der Waals surface area contributed by atoms with Crippen LogP contribution in [-0.4, -0.2) is 22.2 Å². The van der Waals surface area contributed by atoms with Crippen LogP contribution in [0.3, 0.4) is 0 Å². The Hall–Kier alpha value is -1.88. The molecule has 5 nitrogen and oxygen atoms in total. The van der Waals surface area contributed by atoms with Crippen LogP contribution >= 0.6 is 0 Å². The van der Waals surface area contributed by atoms with Crippen LogP contribution in [0.2, 0.25) is 0 Å². The van der Waals surface area contributed by atoms with E-state index in [0.717, 1.165) is 25.1 Å². The Balaban J connectivity index is 1.59. The van der Waals surface area contributed by atoms with Crippen molar-refractivity contribution in [3.05, 3.63) is 41.5 Å². The fourth-order valence-electron chi connectivity index (χ4n) is 2.37. The molecule has 112 valence electrons. The summed E-state index contributed by atoms with van der Waals surface area (Å²) in [6.07, 6.45) is 1.40. The van der Waals surface area contributed by atoms with Crippen LogP contribution in [0.5, 0.6) is 5.75 Å². The number of fused-ring (bicyclic) bond motifs is 1. The summed E-state index contributed by atoms with van der Waals surface area (Å²) in [5.41, 5.74) is 1.29. The third kappa shape index (κ3) is 3.42. The predicted molar refractivity (Wildman–Crippen MR) is 79.3 cm³/mol. The highest BCUT2D eigenvalue weighted by Gasteiger charge is 2.28. The van der Waals surface area contributed by atoms with Crippen molar-refractivity contribution < 1.29 is 9.26 Å². The molecule has 5 heteroatoms. The van der Waals surface area contributed by atoms with Crippen LogP contribution in [0, 0.1) is 0 Å². The molecule has 3 rings (SSSR count). The van der Waals surface area contributed by atoms with E-state index < -0.39 is 0 Å². The number of aromatic nitrogens is 2. The second-order valence-corrected chi connectivity index (χ2v) is 6.39. The Morgan fingerprint density at radius 1 is 1.29 bits per heavy atom. The summed E-state index contributed by atoms with van der Waals surface area (Å²) in [7, 11) is 0. The maximum atomic E-state index is 5.86. The zero-order valence-electron chi connectivity index (χ0n) is 12.7. The lowest BCUT2D eigenvalue weighted by atomic mass is 10.1. The van der Waals surface area contributed by atoms with Crippen LogP contribution < -0.4 is 10.1 Å². The summed E-state index contributed by atoms with van der Waals surface area (Å²) >= 11 is 0. The first kappa shape index (κ1) is 14.1. The van der Waals surface area contributed by atoms with Crippen LogP contribution in [0.1, 0.15) is 44.2 Å². The molecule has 0 aliphatic carbocycles. The van der Waals surface area contributed by atoms with Gasteiger partial charge in [0.25, 0.3) is 0 Å². The van der Waals surface area contributed by atoms with Gasteiger partial charge < -0.3 is 14.6 Å². The first-order valence-electron chi connectivity index (χ1n) is 7.33. The normalized spacial score (nSPS) is 17.6. The minimum absolute atomic E-state index is 0.0963. The molecular formula is C16H21N3O2. The third-order valence-electron chi connectivity index (χ3n) is 3.41. The van der Waals surface area contributed by atoms with E-state index in [1.165, 1.54) is 5.56 Å². The van der Waals surface area contributed by atoms with E-state index in [1.54, 1.807) is 0 Å². The zero-order chi connectivity index (χ0) is 14.9. The van der Waals surface area contributed by atoms with Crippen molar-refractivity contribution >= 4 is 0 Å². The van der Waals surface area contributed by atoms with Gasteiger partial charge in [-0.1, -0.05) is 23.4 Å². The molecule has 2 heterocycles. The van der Waals surface area contributed by atoms with E-state index in [2.05, 4.69) is 42.3 Å². The molecule has 0 amide bonds. The lowest BCUT2D eigenvalue weighted by molar-refractivity contribution is 0.221. The molecule has 0 spiro atoms. The van der Waals surface area contributed by atoms with Crippen LogP contribution in [0.15, 0.2) is 28.8 Å². The van der Waals surface area contributed by atoms with Gasteiger partial charge in [-0.05, 0) is 32.4 Å². The number of benzene rings is 1. The van der Waals surface area contributed by atoms with E-state index in [9.17, 15) is 0 Å². The summed E-state index contributed by atoms with van der Waals surface area (Å²) in [5, 5.41) is 7.46. The molecule has 0 saturated carbocycles. The molecule has 1 aliphatic rings. The van der Waals surface area contributed by atoms with E-state index in [-0.39, 0.29) is 11.6 Å². The fraction of sp³-hybridized carbons (Fsp3) is 0.500. The van der Waals surface area contributed by atoms with Crippen molar-refractivity contribution in [1.29, 1.82) is 0 Å². The minimum Gasteiger partial charge on any atom is -0.482 e. The first-order chi connectivity index (χ1) is 10.0. The van der Waals surface area contributed by atoms with E-state index in [0.29, 0.717) is 11.7 Å². The predicted octanol–water partition coefficient (Wildman–Crippen LogP) is 2.68. The summed E-state index contributed by atoms with van der Waals surface area (Å²) in [5.74, 6) is 2.21. The molecule has 2 aromatic rings. The summed E-state index contributed by atoms with van der Waals surface area (Å²) in [4.78, 5) is 4.45. The minimum atomic E-state index is -0.129. The molecule has 1 N–H and O–H groups in total. The maximum Gasteiger partial charge on any atom is 0.228 e. The number of hydrogen-bond acceptors (Lipinski definition) is 5. The van der Waals surface area contributed by atoms with Crippen molar-refractivity contribution in [2.24, 2.45) is 0 Å². The average Bonchev–Trinajstić information content (AvgIpc) is 3.02. The third-order valence-corrected chi connectivity index (χ3v) is 3.41. The van der Waals surface area contributed by atoms with E-state index >= 15 is 0 Å². The Morgan fingerprint density at radius 2 is 2.10 bits per heavy atom. The van der Waals surface area contributed by atoms with Crippen molar-refractivity contribution in [2.75, 3.05) is 6.54 Å². The summed E-state index contributed by atoms with van der Waals surface area (Å²) < 4.78 is 11.2. The smallest absolute Gasteiger partial charge is 0.228 e. The number of nitrogens with zero attached hydrogens (tertiary/aromatic N) is 2. The van der Waals surface area contributed by atoms with Crippen molar-refractivity contribution in [3.63, 3.8) is 0 Å². The summed E-state index contributed by atoms with van der Waals surface area (Å²) in [6, 6.07) is 8.04. The number of hydrogen-bond donors (Lipinski definition) is 1. The van der Waals surface area contributed by atoms with Gasteiger partial charge in [0.1, 0.15) is 5.75 Å². The van der Waals surface area contributed by atoms with E-state index in [1.807, 2.05) is 18.2 Å². The molecule has 0 bridgehead atoms. The molecule has 1 aromatic heterocycles. The molecule has 0 radical (unpaired) electrons. The number of rotatable bonds is 4. The molecule has 0 saturated heterocycles. The van der Waals surface area contributed by atoms with E-state index in [4.69, 9.17) is 9.26 Å². The number of para-hydroxylation sites is 1. The summed E-state index contributed by atoms with van der Waals surface area (Å²) in [6.45, 7) is 7.22. The Kier molecular flexibility index (Phi) is 3.68. The molecule has 1 unspecified atom stereocenters. The van der Waals surface area contributed by atoms with Gasteiger partial charge >= 0.3 is 0 Å². The van der Waals surface area contributed by atoms with Crippen LogP contribution in [0.25, 0.3) is 0 Å². The van der Waals surface area contributed by atoms with Gasteiger partial charge in [0.2, 0.25) is 11.7 Å². The molecular weight excluding hydrogens is 266 g/mol. The quantitative estimate of drug-likeness (QED) is 0.937. The van der Waals surface area contributed by atoms with Gasteiger partial charge in [-0.25, -0.2) is 0 Å². The lowest BCUT2D eigenvalue weighted by Crippen LogP contribution is -2.37. The molecule has 21 heavy (non-hydrogen) atoms. The number of nitrogens with one attached hydrogen (secondary N) is 1. The SMILES string of the molecule is CC(C)(C)NCCc1nc(C2Cc3ccccc3O2)no1. The topological polar surface area (TPSA) is 60.2 Å². The Morgan fingerprint density at radius 3 is 2.86 bits per heavy atom. The highest BCUT2D eigenvalue weighted by molar-refractivity contribution is 5.37. The highest BCUT2D eigenvalue weighted by Crippen LogP contribution is 2.35. The monoisotopic (exact) mass is 287 g/mol. The van der Waals surface area contributed by atoms with Gasteiger partial charge in [-0.3, -0.25) is 0 Å². The molecule has 1 aliphatic heterocycles. The maximum absolute atomic E-state index is 5.86. The Bertz CT molecular complexity index is 591. The van der Waals surface area contributed by atoms with Gasteiger partial charge in [-0.15, -0.1) is 0 Å². The second kappa shape index (κ2) is 5.48. The largest absolute Gasteiger partial charge is 0.482 e. The second-order valence-electron chi connectivity index (χ2n) is 6.39.